The standard InChI is InChI=1S/C15H20N2O2/c1-19-12-6-11(7-12)17-15(18)14-9-16-8-10-4-2-3-5-13(10)14/h2-5,11-12,14,16H,6-9H2,1H3,(H,17,18). The third kappa shape index (κ3) is 2.51. The highest BCUT2D eigenvalue weighted by Gasteiger charge is 2.33. The number of benzene rings is 1. The Bertz CT molecular complexity index is 469. The van der Waals surface area contributed by atoms with Crippen molar-refractivity contribution in [1.82, 2.24) is 10.6 Å². The van der Waals surface area contributed by atoms with Crippen LogP contribution in [0.1, 0.15) is 29.9 Å². The Balaban J connectivity index is 1.65. The van der Waals surface area contributed by atoms with Crippen molar-refractivity contribution in [2.45, 2.75) is 37.5 Å². The highest BCUT2D eigenvalue weighted by Crippen LogP contribution is 2.27. The molecule has 0 aromatic heterocycles. The molecule has 0 saturated heterocycles. The van der Waals surface area contributed by atoms with E-state index in [1.807, 2.05) is 12.1 Å². The van der Waals surface area contributed by atoms with E-state index in [1.165, 1.54) is 11.1 Å². The van der Waals surface area contributed by atoms with Crippen LogP contribution in [0.4, 0.5) is 0 Å². The van der Waals surface area contributed by atoms with E-state index in [0.717, 1.165) is 25.9 Å². The lowest BCUT2D eigenvalue weighted by atomic mass is 9.86. The Hall–Kier alpha value is -1.39. The quantitative estimate of drug-likeness (QED) is 0.857. The van der Waals surface area contributed by atoms with Gasteiger partial charge < -0.3 is 15.4 Å². The van der Waals surface area contributed by atoms with Crippen molar-refractivity contribution < 1.29 is 9.53 Å². The van der Waals surface area contributed by atoms with Gasteiger partial charge in [-0.2, -0.15) is 0 Å². The first-order valence-electron chi connectivity index (χ1n) is 6.89. The third-order valence-electron chi connectivity index (χ3n) is 4.19. The van der Waals surface area contributed by atoms with Gasteiger partial charge in [-0.1, -0.05) is 24.3 Å². The zero-order valence-electron chi connectivity index (χ0n) is 11.2. The van der Waals surface area contributed by atoms with Gasteiger partial charge in [0, 0.05) is 26.2 Å². The Labute approximate surface area is 113 Å². The maximum atomic E-state index is 12.4. The summed E-state index contributed by atoms with van der Waals surface area (Å²) in [6.07, 6.45) is 2.19. The van der Waals surface area contributed by atoms with Gasteiger partial charge in [-0.05, 0) is 24.0 Å². The molecule has 102 valence electrons. The van der Waals surface area contributed by atoms with Gasteiger partial charge in [0.2, 0.25) is 5.91 Å². The van der Waals surface area contributed by atoms with Gasteiger partial charge in [-0.25, -0.2) is 0 Å². The lowest BCUT2D eigenvalue weighted by Gasteiger charge is -2.36. The van der Waals surface area contributed by atoms with Crippen LogP contribution in [0, 0.1) is 0 Å². The van der Waals surface area contributed by atoms with E-state index in [-0.39, 0.29) is 17.9 Å². The molecule has 1 heterocycles. The van der Waals surface area contributed by atoms with Crippen LogP contribution in [-0.2, 0) is 16.1 Å². The van der Waals surface area contributed by atoms with Crippen LogP contribution in [0.2, 0.25) is 0 Å². The normalized spacial score (nSPS) is 29.2. The van der Waals surface area contributed by atoms with Crippen molar-refractivity contribution in [3.05, 3.63) is 35.4 Å². The molecule has 1 aliphatic heterocycles. The molecule has 1 amide bonds. The van der Waals surface area contributed by atoms with Crippen molar-refractivity contribution in [2.75, 3.05) is 13.7 Å². The van der Waals surface area contributed by atoms with Crippen molar-refractivity contribution in [3.8, 4) is 0 Å². The Kier molecular flexibility index (Phi) is 3.53. The average Bonchev–Trinajstić information content (AvgIpc) is 2.41. The van der Waals surface area contributed by atoms with Crippen LogP contribution in [0.3, 0.4) is 0 Å². The second-order valence-corrected chi connectivity index (χ2v) is 5.42. The largest absolute Gasteiger partial charge is 0.381 e. The zero-order chi connectivity index (χ0) is 13.2. The van der Waals surface area contributed by atoms with E-state index in [0.29, 0.717) is 6.10 Å². The van der Waals surface area contributed by atoms with Crippen molar-refractivity contribution in [3.63, 3.8) is 0 Å². The van der Waals surface area contributed by atoms with Gasteiger partial charge in [0.15, 0.2) is 0 Å². The number of fused-ring (bicyclic) bond motifs is 1. The number of ether oxygens (including phenoxy) is 1. The van der Waals surface area contributed by atoms with Crippen LogP contribution >= 0.6 is 0 Å². The molecule has 1 aromatic carbocycles. The summed E-state index contributed by atoms with van der Waals surface area (Å²) in [5.41, 5.74) is 2.40. The maximum absolute atomic E-state index is 12.4. The first kappa shape index (κ1) is 12.6. The minimum atomic E-state index is -0.0634. The molecule has 0 bridgehead atoms. The fraction of sp³-hybridized carbons (Fsp3) is 0.533. The van der Waals surface area contributed by atoms with Crippen molar-refractivity contribution in [1.29, 1.82) is 0 Å². The summed E-state index contributed by atoms with van der Waals surface area (Å²) in [6.45, 7) is 1.58. The number of nitrogens with one attached hydrogen (secondary N) is 2. The van der Waals surface area contributed by atoms with E-state index >= 15 is 0 Å². The second kappa shape index (κ2) is 5.31. The van der Waals surface area contributed by atoms with E-state index in [2.05, 4.69) is 22.8 Å². The molecular formula is C15H20N2O2. The summed E-state index contributed by atoms with van der Waals surface area (Å²) in [6, 6.07) is 8.47. The Morgan fingerprint density at radius 2 is 2.16 bits per heavy atom. The molecule has 1 fully saturated rings. The van der Waals surface area contributed by atoms with Gasteiger partial charge >= 0.3 is 0 Å². The van der Waals surface area contributed by atoms with Crippen LogP contribution < -0.4 is 10.6 Å². The third-order valence-corrected chi connectivity index (χ3v) is 4.19. The molecule has 1 saturated carbocycles. The smallest absolute Gasteiger partial charge is 0.229 e. The summed E-state index contributed by atoms with van der Waals surface area (Å²) in [5.74, 6) is 0.0748. The molecule has 1 aromatic rings. The molecule has 1 aliphatic carbocycles. The molecule has 2 N–H and O–H groups in total. The van der Waals surface area contributed by atoms with Gasteiger partial charge in [0.05, 0.1) is 12.0 Å². The molecule has 3 rings (SSSR count). The highest BCUT2D eigenvalue weighted by atomic mass is 16.5. The van der Waals surface area contributed by atoms with E-state index in [4.69, 9.17) is 4.74 Å². The van der Waals surface area contributed by atoms with Crippen LogP contribution in [0.25, 0.3) is 0 Å². The van der Waals surface area contributed by atoms with Crippen LogP contribution in [-0.4, -0.2) is 31.7 Å². The number of rotatable bonds is 3. The highest BCUT2D eigenvalue weighted by molar-refractivity contribution is 5.85. The monoisotopic (exact) mass is 260 g/mol. The van der Waals surface area contributed by atoms with E-state index in [9.17, 15) is 4.79 Å². The molecule has 1 atom stereocenters. The van der Waals surface area contributed by atoms with Crippen molar-refractivity contribution in [2.24, 2.45) is 0 Å². The zero-order valence-corrected chi connectivity index (χ0v) is 11.2. The molecule has 4 heteroatoms. The van der Waals surface area contributed by atoms with E-state index in [1.54, 1.807) is 7.11 Å². The minimum Gasteiger partial charge on any atom is -0.381 e. The first-order valence-corrected chi connectivity index (χ1v) is 6.89. The molecule has 0 radical (unpaired) electrons. The summed E-state index contributed by atoms with van der Waals surface area (Å²) in [4.78, 5) is 12.4. The molecule has 1 unspecified atom stereocenters. The average molecular weight is 260 g/mol. The van der Waals surface area contributed by atoms with Crippen LogP contribution in [0.5, 0.6) is 0 Å². The lowest BCUT2D eigenvalue weighted by molar-refractivity contribution is -0.125. The summed E-state index contributed by atoms with van der Waals surface area (Å²) < 4.78 is 5.24. The SMILES string of the molecule is COC1CC(NC(=O)C2CNCc3ccccc32)C1. The predicted molar refractivity (Wildman–Crippen MR) is 72.9 cm³/mol. The molecule has 2 aliphatic rings. The number of carbonyl (C=O) groups excluding carboxylic acids is 1. The molecule has 19 heavy (non-hydrogen) atoms. The summed E-state index contributed by atoms with van der Waals surface area (Å²) in [7, 11) is 1.73. The van der Waals surface area contributed by atoms with E-state index < -0.39 is 0 Å². The van der Waals surface area contributed by atoms with Gasteiger partial charge in [0.1, 0.15) is 0 Å². The molecule has 4 nitrogen and oxygen atoms in total. The number of carbonyl (C=O) groups is 1. The Morgan fingerprint density at radius 3 is 2.95 bits per heavy atom. The lowest BCUT2D eigenvalue weighted by Crippen LogP contribution is -2.50. The Morgan fingerprint density at radius 1 is 1.37 bits per heavy atom. The molecule has 0 spiro atoms. The number of methoxy groups -OCH3 is 1. The fourth-order valence-electron chi connectivity index (χ4n) is 2.91. The van der Waals surface area contributed by atoms with Gasteiger partial charge in [-0.15, -0.1) is 0 Å². The predicted octanol–water partition coefficient (Wildman–Crippen LogP) is 1.17. The topological polar surface area (TPSA) is 50.4 Å². The number of hydrogen-bond donors (Lipinski definition) is 2. The van der Waals surface area contributed by atoms with Crippen molar-refractivity contribution >= 4 is 5.91 Å². The summed E-state index contributed by atoms with van der Waals surface area (Å²) in [5, 5.41) is 6.45. The minimum absolute atomic E-state index is 0.0634. The van der Waals surface area contributed by atoms with Gasteiger partial charge in [0.25, 0.3) is 0 Å². The van der Waals surface area contributed by atoms with Crippen LogP contribution in [0.15, 0.2) is 24.3 Å². The fourth-order valence-corrected chi connectivity index (χ4v) is 2.91. The number of hydrogen-bond acceptors (Lipinski definition) is 3. The summed E-state index contributed by atoms with van der Waals surface area (Å²) >= 11 is 0. The second-order valence-electron chi connectivity index (χ2n) is 5.42. The number of amides is 1. The maximum Gasteiger partial charge on any atom is 0.229 e. The first-order chi connectivity index (χ1) is 9.28. The molecular weight excluding hydrogens is 240 g/mol. The van der Waals surface area contributed by atoms with Gasteiger partial charge in [-0.3, -0.25) is 4.79 Å².